The van der Waals surface area contributed by atoms with Crippen LogP contribution in [0, 0.1) is 10.1 Å². The van der Waals surface area contributed by atoms with Crippen molar-refractivity contribution in [2.75, 3.05) is 0 Å². The molecule has 1 saturated carbocycles. The standard InChI is InChI=1S/C18H16N4O2S/c23-22(24)16-8-4-5-13(11-16)12-25-18-19-17(14-9-10-14)21(20-18)15-6-2-1-3-7-15/h1-8,11,14H,9-10,12H2. The maximum Gasteiger partial charge on any atom is 0.269 e. The van der Waals surface area contributed by atoms with Gasteiger partial charge < -0.3 is 0 Å². The van der Waals surface area contributed by atoms with Crippen LogP contribution in [-0.2, 0) is 5.75 Å². The Labute approximate surface area is 149 Å². The monoisotopic (exact) mass is 352 g/mol. The minimum absolute atomic E-state index is 0.111. The highest BCUT2D eigenvalue weighted by Gasteiger charge is 2.30. The largest absolute Gasteiger partial charge is 0.269 e. The van der Waals surface area contributed by atoms with Gasteiger partial charge in [0, 0.05) is 23.8 Å². The number of nitro groups is 1. The topological polar surface area (TPSA) is 73.8 Å². The summed E-state index contributed by atoms with van der Waals surface area (Å²) in [5.41, 5.74) is 2.02. The van der Waals surface area contributed by atoms with Crippen molar-refractivity contribution in [1.29, 1.82) is 0 Å². The first-order chi connectivity index (χ1) is 12.2. The maximum atomic E-state index is 10.9. The van der Waals surface area contributed by atoms with Crippen LogP contribution in [0.5, 0.6) is 0 Å². The molecule has 0 aliphatic heterocycles. The van der Waals surface area contributed by atoms with Gasteiger partial charge in [0.2, 0.25) is 5.16 Å². The molecule has 3 aromatic rings. The number of para-hydroxylation sites is 1. The van der Waals surface area contributed by atoms with Crippen LogP contribution < -0.4 is 0 Å². The molecule has 6 nitrogen and oxygen atoms in total. The Morgan fingerprint density at radius 3 is 2.68 bits per heavy atom. The van der Waals surface area contributed by atoms with Crippen LogP contribution >= 0.6 is 11.8 Å². The fraction of sp³-hybridized carbons (Fsp3) is 0.222. The Bertz CT molecular complexity index is 906. The molecule has 0 saturated heterocycles. The molecule has 4 rings (SSSR count). The van der Waals surface area contributed by atoms with E-state index >= 15 is 0 Å². The predicted molar refractivity (Wildman–Crippen MR) is 96.0 cm³/mol. The molecule has 0 N–H and O–H groups in total. The van der Waals surface area contributed by atoms with Gasteiger partial charge in [0.15, 0.2) is 0 Å². The SMILES string of the molecule is O=[N+]([O-])c1cccc(CSc2nc(C3CC3)n(-c3ccccc3)n2)c1. The van der Waals surface area contributed by atoms with Crippen LogP contribution in [-0.4, -0.2) is 19.7 Å². The number of nitro benzene ring substituents is 1. The smallest absolute Gasteiger partial charge is 0.258 e. The van der Waals surface area contributed by atoms with Gasteiger partial charge in [-0.1, -0.05) is 42.1 Å². The molecule has 0 spiro atoms. The lowest BCUT2D eigenvalue weighted by Crippen LogP contribution is -2.01. The first-order valence-corrected chi connectivity index (χ1v) is 9.08. The van der Waals surface area contributed by atoms with Crippen LogP contribution in [0.15, 0.2) is 59.8 Å². The highest BCUT2D eigenvalue weighted by Crippen LogP contribution is 2.40. The highest BCUT2D eigenvalue weighted by atomic mass is 32.2. The molecule has 126 valence electrons. The summed E-state index contributed by atoms with van der Waals surface area (Å²) >= 11 is 1.50. The van der Waals surface area contributed by atoms with Gasteiger partial charge in [-0.15, -0.1) is 5.10 Å². The van der Waals surface area contributed by atoms with Gasteiger partial charge >= 0.3 is 0 Å². The molecule has 7 heteroatoms. The van der Waals surface area contributed by atoms with E-state index in [1.54, 1.807) is 12.1 Å². The number of non-ortho nitro benzene ring substituents is 1. The Morgan fingerprint density at radius 2 is 1.96 bits per heavy atom. The second-order valence-corrected chi connectivity index (χ2v) is 6.93. The zero-order valence-electron chi connectivity index (χ0n) is 13.4. The quantitative estimate of drug-likeness (QED) is 0.375. The molecule has 1 aliphatic rings. The first kappa shape index (κ1) is 15.8. The molecular formula is C18H16N4O2S. The van der Waals surface area contributed by atoms with Crippen molar-refractivity contribution in [2.45, 2.75) is 29.7 Å². The van der Waals surface area contributed by atoms with Gasteiger partial charge in [-0.3, -0.25) is 10.1 Å². The Morgan fingerprint density at radius 1 is 1.16 bits per heavy atom. The van der Waals surface area contributed by atoms with E-state index in [-0.39, 0.29) is 10.6 Å². The van der Waals surface area contributed by atoms with Gasteiger partial charge in [0.1, 0.15) is 5.82 Å². The minimum atomic E-state index is -0.373. The first-order valence-electron chi connectivity index (χ1n) is 8.09. The summed E-state index contributed by atoms with van der Waals surface area (Å²) in [6.07, 6.45) is 2.31. The Kier molecular flexibility index (Phi) is 4.23. The van der Waals surface area contributed by atoms with E-state index in [1.165, 1.54) is 17.8 Å². The van der Waals surface area contributed by atoms with Crippen molar-refractivity contribution >= 4 is 17.4 Å². The zero-order valence-corrected chi connectivity index (χ0v) is 14.2. The van der Waals surface area contributed by atoms with Crippen molar-refractivity contribution < 1.29 is 4.92 Å². The van der Waals surface area contributed by atoms with Crippen LogP contribution in [0.3, 0.4) is 0 Å². The molecule has 1 fully saturated rings. The molecule has 0 atom stereocenters. The molecule has 0 unspecified atom stereocenters. The average molecular weight is 352 g/mol. The molecule has 2 aromatic carbocycles. The summed E-state index contributed by atoms with van der Waals surface area (Å²) in [5, 5.41) is 16.2. The summed E-state index contributed by atoms with van der Waals surface area (Å²) in [5.74, 6) is 2.09. The zero-order chi connectivity index (χ0) is 17.2. The predicted octanol–water partition coefficient (Wildman–Crippen LogP) is 4.35. The molecule has 0 amide bonds. The molecular weight excluding hydrogens is 336 g/mol. The number of hydrogen-bond acceptors (Lipinski definition) is 5. The van der Waals surface area contributed by atoms with Crippen molar-refractivity contribution in [1.82, 2.24) is 14.8 Å². The fourth-order valence-corrected chi connectivity index (χ4v) is 3.41. The van der Waals surface area contributed by atoms with E-state index in [0.29, 0.717) is 16.8 Å². The lowest BCUT2D eigenvalue weighted by molar-refractivity contribution is -0.384. The lowest BCUT2D eigenvalue weighted by Gasteiger charge is -2.03. The Balaban J connectivity index is 1.55. The molecule has 1 heterocycles. The van der Waals surface area contributed by atoms with Gasteiger partial charge in [-0.2, -0.15) is 0 Å². The van der Waals surface area contributed by atoms with E-state index in [9.17, 15) is 10.1 Å². The third kappa shape index (κ3) is 3.56. The van der Waals surface area contributed by atoms with Crippen LogP contribution in [0.2, 0.25) is 0 Å². The number of hydrogen-bond donors (Lipinski definition) is 0. The van der Waals surface area contributed by atoms with Crippen molar-refractivity contribution in [3.8, 4) is 5.69 Å². The van der Waals surface area contributed by atoms with Crippen molar-refractivity contribution in [3.63, 3.8) is 0 Å². The van der Waals surface area contributed by atoms with Crippen LogP contribution in [0.25, 0.3) is 5.69 Å². The fourth-order valence-electron chi connectivity index (χ4n) is 2.64. The van der Waals surface area contributed by atoms with Gasteiger partial charge in [0.05, 0.1) is 10.6 Å². The number of thioether (sulfide) groups is 1. The van der Waals surface area contributed by atoms with E-state index < -0.39 is 0 Å². The third-order valence-corrected chi connectivity index (χ3v) is 4.95. The second-order valence-electron chi connectivity index (χ2n) is 5.99. The molecule has 0 bridgehead atoms. The van der Waals surface area contributed by atoms with Gasteiger partial charge in [-0.25, -0.2) is 9.67 Å². The summed E-state index contributed by atoms with van der Waals surface area (Å²) in [6.45, 7) is 0. The lowest BCUT2D eigenvalue weighted by atomic mass is 10.2. The minimum Gasteiger partial charge on any atom is -0.258 e. The van der Waals surface area contributed by atoms with Gasteiger partial charge in [-0.05, 0) is 30.5 Å². The summed E-state index contributed by atoms with van der Waals surface area (Å²) in [4.78, 5) is 15.2. The average Bonchev–Trinajstić information content (AvgIpc) is 3.40. The summed E-state index contributed by atoms with van der Waals surface area (Å²) in [7, 11) is 0. The molecule has 0 radical (unpaired) electrons. The van der Waals surface area contributed by atoms with Crippen molar-refractivity contribution in [3.05, 3.63) is 76.1 Å². The Hall–Kier alpha value is -2.67. The highest BCUT2D eigenvalue weighted by molar-refractivity contribution is 7.98. The van der Waals surface area contributed by atoms with Crippen molar-refractivity contribution in [2.24, 2.45) is 0 Å². The van der Waals surface area contributed by atoms with Gasteiger partial charge in [0.25, 0.3) is 5.69 Å². The number of rotatable bonds is 6. The van der Waals surface area contributed by atoms with E-state index in [1.807, 2.05) is 41.1 Å². The molecule has 25 heavy (non-hydrogen) atoms. The number of nitrogens with zero attached hydrogens (tertiary/aromatic N) is 4. The second kappa shape index (κ2) is 6.68. The van der Waals surface area contributed by atoms with E-state index in [0.717, 1.165) is 29.9 Å². The third-order valence-electron chi connectivity index (χ3n) is 4.05. The van der Waals surface area contributed by atoms with E-state index in [4.69, 9.17) is 4.98 Å². The molecule has 1 aliphatic carbocycles. The number of benzene rings is 2. The van der Waals surface area contributed by atoms with E-state index in [2.05, 4.69) is 5.10 Å². The summed E-state index contributed by atoms with van der Waals surface area (Å²) < 4.78 is 1.92. The maximum absolute atomic E-state index is 10.9. The number of aromatic nitrogens is 3. The normalized spacial score (nSPS) is 13.8. The summed E-state index contributed by atoms with van der Waals surface area (Å²) in [6, 6.07) is 16.7. The van der Waals surface area contributed by atoms with Crippen LogP contribution in [0.1, 0.15) is 30.1 Å². The molecule has 1 aromatic heterocycles. The van der Waals surface area contributed by atoms with Crippen LogP contribution in [0.4, 0.5) is 5.69 Å².